The summed E-state index contributed by atoms with van der Waals surface area (Å²) in [4.78, 5) is 10.4. The van der Waals surface area contributed by atoms with Crippen LogP contribution in [0.15, 0.2) is 53.6 Å². The summed E-state index contributed by atoms with van der Waals surface area (Å²) in [6, 6.07) is 11.6. The van der Waals surface area contributed by atoms with Gasteiger partial charge in [-0.15, -0.1) is 0 Å². The number of phenols is 1. The van der Waals surface area contributed by atoms with Crippen molar-refractivity contribution in [2.24, 2.45) is 0 Å². The minimum atomic E-state index is -3.98. The molecule has 3 N–H and O–H groups in total. The standard InChI is InChI=1S/C17H18N4O3S.CH2O2/c22-16-3-1-2-4-17(16)25(23,24)21-15-11-14(6-5-13(15)12-19-21)20-9-7-18-8-10-20;2-1-3/h1-6,11-12,18,22H,7-10H2;1H,(H,2,3). The molecule has 0 spiro atoms. The number of piperazine rings is 1. The van der Waals surface area contributed by atoms with E-state index in [1.54, 1.807) is 12.1 Å². The lowest BCUT2D eigenvalue weighted by molar-refractivity contribution is -0.122. The number of aromatic hydroxyl groups is 1. The molecule has 0 radical (unpaired) electrons. The molecule has 9 nitrogen and oxygen atoms in total. The van der Waals surface area contributed by atoms with E-state index >= 15 is 0 Å². The van der Waals surface area contributed by atoms with Crippen molar-refractivity contribution in [3.05, 3.63) is 48.7 Å². The smallest absolute Gasteiger partial charge is 0.290 e. The number of nitrogens with one attached hydrogen (secondary N) is 1. The molecule has 2 aromatic carbocycles. The lowest BCUT2D eigenvalue weighted by Crippen LogP contribution is -2.43. The predicted octanol–water partition coefficient (Wildman–Crippen LogP) is 1.09. The number of hydrogen-bond acceptors (Lipinski definition) is 7. The Kier molecular flexibility index (Phi) is 5.81. The fourth-order valence-corrected chi connectivity index (χ4v) is 4.42. The normalized spacial score (nSPS) is 14.4. The van der Waals surface area contributed by atoms with Gasteiger partial charge in [-0.2, -0.15) is 17.6 Å². The van der Waals surface area contributed by atoms with Crippen LogP contribution < -0.4 is 10.2 Å². The van der Waals surface area contributed by atoms with Crippen LogP contribution in [0.2, 0.25) is 0 Å². The Bertz CT molecular complexity index is 1070. The highest BCUT2D eigenvalue weighted by Gasteiger charge is 2.24. The minimum Gasteiger partial charge on any atom is -0.507 e. The quantitative estimate of drug-likeness (QED) is 0.554. The lowest BCUT2D eigenvalue weighted by Gasteiger charge is -2.29. The maximum absolute atomic E-state index is 12.9. The zero-order valence-electron chi connectivity index (χ0n) is 14.9. The topological polar surface area (TPSA) is 125 Å². The molecule has 1 saturated heterocycles. The summed E-state index contributed by atoms with van der Waals surface area (Å²) >= 11 is 0. The van der Waals surface area contributed by atoms with E-state index in [1.165, 1.54) is 18.3 Å². The van der Waals surface area contributed by atoms with Crippen LogP contribution in [0.5, 0.6) is 5.75 Å². The molecule has 2 heterocycles. The molecule has 0 amide bonds. The van der Waals surface area contributed by atoms with E-state index in [0.29, 0.717) is 5.52 Å². The Hall–Kier alpha value is -3.11. The van der Waals surface area contributed by atoms with Crippen LogP contribution in [0.4, 0.5) is 5.69 Å². The van der Waals surface area contributed by atoms with Crippen LogP contribution in [0.25, 0.3) is 10.9 Å². The Morgan fingerprint density at radius 2 is 1.79 bits per heavy atom. The highest BCUT2D eigenvalue weighted by atomic mass is 32.2. The fourth-order valence-electron chi connectivity index (χ4n) is 3.06. The largest absolute Gasteiger partial charge is 0.507 e. The van der Waals surface area contributed by atoms with Crippen LogP contribution >= 0.6 is 0 Å². The lowest BCUT2D eigenvalue weighted by atomic mass is 10.2. The number of aromatic nitrogens is 2. The van der Waals surface area contributed by atoms with Gasteiger partial charge in [0, 0.05) is 37.3 Å². The van der Waals surface area contributed by atoms with E-state index in [-0.39, 0.29) is 17.1 Å². The Balaban J connectivity index is 0.000000706. The number of hydrogen-bond donors (Lipinski definition) is 3. The summed E-state index contributed by atoms with van der Waals surface area (Å²) in [6.07, 6.45) is 1.52. The van der Waals surface area contributed by atoms with Gasteiger partial charge >= 0.3 is 0 Å². The van der Waals surface area contributed by atoms with Gasteiger partial charge in [-0.1, -0.05) is 12.1 Å². The van der Waals surface area contributed by atoms with Crippen molar-refractivity contribution < 1.29 is 23.4 Å². The SMILES string of the molecule is O=CO.O=S(=O)(c1ccccc1O)n1ncc2ccc(N3CCNCC3)cc21. The number of para-hydroxylation sites is 1. The molecule has 0 bridgehead atoms. The second kappa shape index (κ2) is 8.28. The first-order chi connectivity index (χ1) is 13.5. The van der Waals surface area contributed by atoms with Crippen LogP contribution in [0, 0.1) is 0 Å². The average Bonchev–Trinajstić information content (AvgIpc) is 3.13. The van der Waals surface area contributed by atoms with Gasteiger partial charge in [-0.25, -0.2) is 0 Å². The van der Waals surface area contributed by atoms with Crippen molar-refractivity contribution in [3.63, 3.8) is 0 Å². The molecule has 4 rings (SSSR count). The van der Waals surface area contributed by atoms with Gasteiger partial charge in [0.05, 0.1) is 11.7 Å². The molecule has 3 aromatic rings. The Morgan fingerprint density at radius 3 is 2.46 bits per heavy atom. The van der Waals surface area contributed by atoms with Crippen molar-refractivity contribution >= 4 is 33.1 Å². The first-order valence-electron chi connectivity index (χ1n) is 8.54. The van der Waals surface area contributed by atoms with Gasteiger partial charge < -0.3 is 20.4 Å². The van der Waals surface area contributed by atoms with Crippen molar-refractivity contribution in [3.8, 4) is 5.75 Å². The van der Waals surface area contributed by atoms with Crippen LogP contribution in [-0.2, 0) is 14.8 Å². The number of nitrogens with zero attached hydrogens (tertiary/aromatic N) is 3. The van der Waals surface area contributed by atoms with Gasteiger partial charge in [0.2, 0.25) is 0 Å². The molecule has 10 heteroatoms. The van der Waals surface area contributed by atoms with Gasteiger partial charge in [0.15, 0.2) is 0 Å². The maximum atomic E-state index is 12.9. The predicted molar refractivity (Wildman–Crippen MR) is 104 cm³/mol. The zero-order valence-corrected chi connectivity index (χ0v) is 15.7. The number of benzene rings is 2. The summed E-state index contributed by atoms with van der Waals surface area (Å²) in [5, 5.41) is 24.9. The number of carbonyl (C=O) groups is 1. The maximum Gasteiger partial charge on any atom is 0.290 e. The van der Waals surface area contributed by atoms with Crippen molar-refractivity contribution in [1.82, 2.24) is 14.5 Å². The first kappa shape index (κ1) is 19.6. The summed E-state index contributed by atoms with van der Waals surface area (Å²) < 4.78 is 26.9. The van der Waals surface area contributed by atoms with Crippen LogP contribution in [0.1, 0.15) is 0 Å². The van der Waals surface area contributed by atoms with Crippen molar-refractivity contribution in [1.29, 1.82) is 0 Å². The van der Waals surface area contributed by atoms with Crippen molar-refractivity contribution in [2.75, 3.05) is 31.1 Å². The Morgan fingerprint density at radius 1 is 1.11 bits per heavy atom. The van der Waals surface area contributed by atoms with E-state index < -0.39 is 10.0 Å². The third kappa shape index (κ3) is 3.78. The number of phenolic OH excluding ortho intramolecular Hbond substituents is 1. The highest BCUT2D eigenvalue weighted by Crippen LogP contribution is 2.28. The second-order valence-electron chi connectivity index (χ2n) is 6.05. The number of rotatable bonds is 3. The molecular formula is C18H20N4O5S. The number of anilines is 1. The Labute approximate surface area is 161 Å². The van der Waals surface area contributed by atoms with E-state index in [1.807, 2.05) is 18.2 Å². The van der Waals surface area contributed by atoms with Gasteiger partial charge in [0.1, 0.15) is 10.6 Å². The van der Waals surface area contributed by atoms with Crippen molar-refractivity contribution in [2.45, 2.75) is 4.90 Å². The molecule has 28 heavy (non-hydrogen) atoms. The molecule has 1 fully saturated rings. The van der Waals surface area contributed by atoms with E-state index in [0.717, 1.165) is 41.3 Å². The first-order valence-corrected chi connectivity index (χ1v) is 9.98. The average molecular weight is 404 g/mol. The number of carboxylic acid groups (broad SMARTS) is 1. The van der Waals surface area contributed by atoms with Crippen LogP contribution in [-0.4, -0.2) is 60.5 Å². The third-order valence-corrected chi connectivity index (χ3v) is 6.02. The van der Waals surface area contributed by atoms with E-state index in [4.69, 9.17) is 9.90 Å². The third-order valence-electron chi connectivity index (χ3n) is 4.37. The van der Waals surface area contributed by atoms with E-state index in [2.05, 4.69) is 15.3 Å². The summed E-state index contributed by atoms with van der Waals surface area (Å²) in [5.41, 5.74) is 1.46. The monoisotopic (exact) mass is 404 g/mol. The summed E-state index contributed by atoms with van der Waals surface area (Å²) in [7, 11) is -3.98. The van der Waals surface area contributed by atoms with Crippen LogP contribution in [0.3, 0.4) is 0 Å². The molecule has 1 aromatic heterocycles. The molecule has 0 atom stereocenters. The molecule has 1 aliphatic rings. The van der Waals surface area contributed by atoms with Gasteiger partial charge in [0.25, 0.3) is 16.5 Å². The highest BCUT2D eigenvalue weighted by molar-refractivity contribution is 7.90. The zero-order chi connectivity index (χ0) is 20.1. The molecule has 148 valence electrons. The van der Waals surface area contributed by atoms with Gasteiger partial charge in [-0.3, -0.25) is 4.79 Å². The summed E-state index contributed by atoms with van der Waals surface area (Å²) in [5.74, 6) is -0.288. The molecule has 0 unspecified atom stereocenters. The molecular weight excluding hydrogens is 384 g/mol. The van der Waals surface area contributed by atoms with E-state index in [9.17, 15) is 13.5 Å². The fraction of sp³-hybridized carbons (Fsp3) is 0.222. The summed E-state index contributed by atoms with van der Waals surface area (Å²) in [6.45, 7) is 3.28. The molecule has 1 aliphatic heterocycles. The second-order valence-corrected chi connectivity index (χ2v) is 7.78. The number of fused-ring (bicyclic) bond motifs is 1. The minimum absolute atomic E-state index is 0.160. The molecule has 0 saturated carbocycles. The van der Waals surface area contributed by atoms with Gasteiger partial charge in [-0.05, 0) is 30.3 Å². The molecule has 0 aliphatic carbocycles.